The van der Waals surface area contributed by atoms with E-state index in [1.165, 1.54) is 21.0 Å². The van der Waals surface area contributed by atoms with Crippen molar-refractivity contribution < 1.29 is 42.3 Å². The van der Waals surface area contributed by atoms with Crippen molar-refractivity contribution in [2.24, 2.45) is 10.8 Å². The Hall–Kier alpha value is -4.05. The van der Waals surface area contributed by atoms with E-state index in [2.05, 4.69) is 4.99 Å². The Balaban J connectivity index is 2.72. The Bertz CT molecular complexity index is 1240. The van der Waals surface area contributed by atoms with Crippen LogP contribution in [0.5, 0.6) is 5.75 Å². The van der Waals surface area contributed by atoms with Crippen LogP contribution in [0.2, 0.25) is 0 Å². The average Bonchev–Trinajstić information content (AvgIpc) is 2.73. The number of hydrogen-bond acceptors (Lipinski definition) is 12. The number of esters is 1. The molecule has 1 aliphatic rings. The van der Waals surface area contributed by atoms with E-state index in [4.69, 9.17) is 15.3 Å². The number of amides is 1. The molecule has 0 bridgehead atoms. The highest BCUT2D eigenvalue weighted by molar-refractivity contribution is 7.91. The van der Waals surface area contributed by atoms with Crippen molar-refractivity contribution >= 4 is 33.4 Å². The van der Waals surface area contributed by atoms with Crippen LogP contribution in [0, 0.1) is 10.1 Å². The molecule has 1 aromatic rings. The van der Waals surface area contributed by atoms with Gasteiger partial charge in [-0.05, 0) is 25.1 Å². The lowest BCUT2D eigenvalue weighted by Gasteiger charge is -2.30. The van der Waals surface area contributed by atoms with Crippen LogP contribution in [0.1, 0.15) is 34.1 Å². The maximum atomic E-state index is 12.4. The summed E-state index contributed by atoms with van der Waals surface area (Å²) < 4.78 is 34.8. The first-order valence-corrected chi connectivity index (χ1v) is 11.7. The van der Waals surface area contributed by atoms with Crippen LogP contribution in [0.3, 0.4) is 0 Å². The maximum absolute atomic E-state index is 12.4. The molecular weight excluding hydrogens is 490 g/mol. The van der Waals surface area contributed by atoms with Crippen LogP contribution in [0.25, 0.3) is 0 Å². The van der Waals surface area contributed by atoms with E-state index in [1.54, 1.807) is 0 Å². The monoisotopic (exact) mass is 513 g/mol. The van der Waals surface area contributed by atoms with E-state index in [1.807, 2.05) is 0 Å². The standard InChI is InChI=1S/C19H23N5O10S/c1-5-33-14(25)9-13-15(24(29)30)17(23(20)19(21-13)35(4,31)32)34-12-7-10(16(26)22(2)3)6-11(8-12)18(27)28/h6-8,19H,5,9,20H2,1-4H3,(H,27,28). The second-order valence-electron chi connectivity index (χ2n) is 7.38. The zero-order valence-corrected chi connectivity index (χ0v) is 19.9. The number of sulfone groups is 1. The van der Waals surface area contributed by atoms with Gasteiger partial charge in [0.15, 0.2) is 9.84 Å². The van der Waals surface area contributed by atoms with Gasteiger partial charge in [0.1, 0.15) is 11.5 Å². The molecule has 0 radical (unpaired) electrons. The summed E-state index contributed by atoms with van der Waals surface area (Å²) in [6, 6.07) is 3.12. The summed E-state index contributed by atoms with van der Waals surface area (Å²) in [6.45, 7) is 1.46. The third-order valence-corrected chi connectivity index (χ3v) is 5.52. The number of nitro groups is 1. The number of benzene rings is 1. The van der Waals surface area contributed by atoms with Crippen molar-refractivity contribution in [3.8, 4) is 5.75 Å². The van der Waals surface area contributed by atoms with Crippen molar-refractivity contribution in [2.45, 2.75) is 18.8 Å². The SMILES string of the molecule is CCOC(=O)CC1=NC(S(C)(=O)=O)N(N)C(Oc2cc(C(=O)O)cc(C(=O)N(C)C)c2)=C1[N+](=O)[O-]. The molecule has 1 aromatic carbocycles. The van der Waals surface area contributed by atoms with Gasteiger partial charge in [0.2, 0.25) is 5.50 Å². The number of aliphatic imine (C=N–C) groups is 1. The number of ether oxygens (including phenoxy) is 2. The predicted molar refractivity (Wildman–Crippen MR) is 119 cm³/mol. The molecule has 0 spiro atoms. The molecule has 1 heterocycles. The van der Waals surface area contributed by atoms with Crippen LogP contribution < -0.4 is 10.6 Å². The topological polar surface area (TPSA) is 212 Å². The van der Waals surface area contributed by atoms with E-state index in [0.717, 1.165) is 29.4 Å². The van der Waals surface area contributed by atoms with Gasteiger partial charge in [-0.1, -0.05) is 0 Å². The lowest BCUT2D eigenvalue weighted by Crippen LogP contribution is -2.50. The quantitative estimate of drug-likeness (QED) is 0.190. The van der Waals surface area contributed by atoms with Crippen LogP contribution >= 0.6 is 0 Å². The molecule has 1 aliphatic heterocycles. The molecule has 16 heteroatoms. The van der Waals surface area contributed by atoms with E-state index in [-0.39, 0.29) is 17.9 Å². The molecule has 15 nitrogen and oxygen atoms in total. The fourth-order valence-corrected chi connectivity index (χ4v) is 3.77. The van der Waals surface area contributed by atoms with E-state index in [0.29, 0.717) is 5.01 Å². The molecule has 190 valence electrons. The van der Waals surface area contributed by atoms with Gasteiger partial charge in [0.25, 0.3) is 11.8 Å². The van der Waals surface area contributed by atoms with E-state index < -0.39 is 67.4 Å². The number of carbonyl (C=O) groups excluding carboxylic acids is 2. The Kier molecular flexibility index (Phi) is 8.14. The lowest BCUT2D eigenvalue weighted by atomic mass is 10.1. The highest BCUT2D eigenvalue weighted by Crippen LogP contribution is 2.28. The van der Waals surface area contributed by atoms with E-state index in [9.17, 15) is 38.0 Å². The third-order valence-electron chi connectivity index (χ3n) is 4.42. The molecule has 0 aromatic heterocycles. The molecule has 1 atom stereocenters. The smallest absolute Gasteiger partial charge is 0.352 e. The summed E-state index contributed by atoms with van der Waals surface area (Å²) in [6.07, 6.45) is -0.00685. The first-order valence-electron chi connectivity index (χ1n) is 9.79. The van der Waals surface area contributed by atoms with Crippen molar-refractivity contribution in [2.75, 3.05) is 27.0 Å². The fraction of sp³-hybridized carbons (Fsp3) is 0.368. The number of carbonyl (C=O) groups is 3. The molecule has 3 N–H and O–H groups in total. The molecule has 0 aliphatic carbocycles. The normalized spacial score (nSPS) is 15.9. The highest BCUT2D eigenvalue weighted by Gasteiger charge is 2.43. The van der Waals surface area contributed by atoms with Gasteiger partial charge in [-0.2, -0.15) is 0 Å². The minimum absolute atomic E-state index is 0.0455. The van der Waals surface area contributed by atoms with Crippen LogP contribution in [-0.2, 0) is 19.4 Å². The van der Waals surface area contributed by atoms with Gasteiger partial charge in [-0.3, -0.25) is 19.7 Å². The summed E-state index contributed by atoms with van der Waals surface area (Å²) in [7, 11) is -1.28. The molecule has 1 amide bonds. The van der Waals surface area contributed by atoms with Gasteiger partial charge >= 0.3 is 17.6 Å². The van der Waals surface area contributed by atoms with Crippen LogP contribution in [-0.4, -0.2) is 84.4 Å². The summed E-state index contributed by atoms with van der Waals surface area (Å²) in [4.78, 5) is 51.8. The number of nitrogens with zero attached hydrogens (tertiary/aromatic N) is 4. The highest BCUT2D eigenvalue weighted by atomic mass is 32.2. The predicted octanol–water partition coefficient (Wildman–Crippen LogP) is -0.177. The largest absolute Gasteiger partial charge is 0.478 e. The Morgan fingerprint density at radius 2 is 1.86 bits per heavy atom. The first kappa shape index (κ1) is 27.2. The van der Waals surface area contributed by atoms with Crippen molar-refractivity contribution in [1.29, 1.82) is 0 Å². The van der Waals surface area contributed by atoms with Gasteiger partial charge in [-0.25, -0.2) is 29.1 Å². The number of carboxylic acids is 1. The lowest BCUT2D eigenvalue weighted by molar-refractivity contribution is -0.419. The minimum Gasteiger partial charge on any atom is -0.478 e. The maximum Gasteiger partial charge on any atom is 0.352 e. The molecule has 0 saturated carbocycles. The van der Waals surface area contributed by atoms with Crippen molar-refractivity contribution in [1.82, 2.24) is 9.91 Å². The van der Waals surface area contributed by atoms with Crippen molar-refractivity contribution in [3.63, 3.8) is 0 Å². The zero-order chi connectivity index (χ0) is 26.7. The number of aromatic carboxylic acids is 1. The van der Waals surface area contributed by atoms with Gasteiger partial charge in [0.05, 0.1) is 23.5 Å². The molecule has 0 fully saturated rings. The first-order chi connectivity index (χ1) is 16.2. The van der Waals surface area contributed by atoms with Gasteiger partial charge < -0.3 is 19.5 Å². The zero-order valence-electron chi connectivity index (χ0n) is 19.1. The van der Waals surface area contributed by atoms with E-state index >= 15 is 0 Å². The number of hydrazine groups is 1. The second kappa shape index (κ2) is 10.5. The number of carboxylic acid groups (broad SMARTS) is 1. The van der Waals surface area contributed by atoms with Gasteiger partial charge in [-0.15, -0.1) is 0 Å². The van der Waals surface area contributed by atoms with Crippen LogP contribution in [0.4, 0.5) is 0 Å². The Morgan fingerprint density at radius 3 is 2.34 bits per heavy atom. The fourth-order valence-electron chi connectivity index (χ4n) is 2.94. The summed E-state index contributed by atoms with van der Waals surface area (Å²) in [5.74, 6) is 1.66. The Morgan fingerprint density at radius 1 is 1.26 bits per heavy atom. The minimum atomic E-state index is -4.12. The molecule has 0 saturated heterocycles. The third kappa shape index (κ3) is 6.30. The molecular formula is C19H23N5O10S. The number of nitrogens with two attached hydrogens (primary N) is 1. The summed E-state index contributed by atoms with van der Waals surface area (Å²) >= 11 is 0. The molecule has 1 unspecified atom stereocenters. The van der Waals surface area contributed by atoms with Crippen molar-refractivity contribution in [3.05, 3.63) is 51.0 Å². The summed E-state index contributed by atoms with van der Waals surface area (Å²) in [5, 5.41) is 21.7. The molecule has 2 rings (SSSR count). The van der Waals surface area contributed by atoms with Crippen LogP contribution in [0.15, 0.2) is 34.8 Å². The molecule has 35 heavy (non-hydrogen) atoms. The van der Waals surface area contributed by atoms with Gasteiger partial charge in [0, 0.05) is 25.9 Å². The summed E-state index contributed by atoms with van der Waals surface area (Å²) in [5.41, 5.74) is -3.96. The Labute approximate surface area is 199 Å². The second-order valence-corrected chi connectivity index (χ2v) is 9.47. The number of hydrogen-bond donors (Lipinski definition) is 2. The average molecular weight is 513 g/mol. The number of allylic oxidation sites excluding steroid dienone is 1. The number of rotatable bonds is 9.